The van der Waals surface area contributed by atoms with Gasteiger partial charge in [-0.05, 0) is 30.3 Å². The van der Waals surface area contributed by atoms with E-state index in [9.17, 15) is 13.6 Å². The van der Waals surface area contributed by atoms with E-state index in [1.54, 1.807) is 12.1 Å². The molecule has 0 bridgehead atoms. The van der Waals surface area contributed by atoms with Crippen LogP contribution in [0.1, 0.15) is 15.9 Å². The first-order chi connectivity index (χ1) is 9.11. The van der Waals surface area contributed by atoms with E-state index in [0.717, 1.165) is 12.1 Å². The number of carbonyl (C=O) groups excluding carboxylic acids is 1. The molecule has 0 unspecified atom stereocenters. The zero-order valence-corrected chi connectivity index (χ0v) is 9.65. The van der Waals surface area contributed by atoms with Gasteiger partial charge in [0.2, 0.25) is 0 Å². The normalized spacial score (nSPS) is 9.74. The predicted octanol–water partition coefficient (Wildman–Crippen LogP) is 3.09. The van der Waals surface area contributed by atoms with Gasteiger partial charge in [-0.2, -0.15) is 5.26 Å². The van der Waals surface area contributed by atoms with E-state index >= 15 is 0 Å². The molecule has 0 fully saturated rings. The molecule has 3 nitrogen and oxygen atoms in total. The van der Waals surface area contributed by atoms with Gasteiger partial charge in [-0.1, -0.05) is 12.1 Å². The van der Waals surface area contributed by atoms with Crippen molar-refractivity contribution in [2.24, 2.45) is 0 Å². The van der Waals surface area contributed by atoms with E-state index in [4.69, 9.17) is 5.26 Å². The average molecular weight is 258 g/mol. The van der Waals surface area contributed by atoms with E-state index in [1.165, 1.54) is 18.2 Å². The Morgan fingerprint density at radius 1 is 1.11 bits per heavy atom. The molecular formula is C14H8F2N2O. The fourth-order valence-electron chi connectivity index (χ4n) is 1.57. The number of hydrogen-bond acceptors (Lipinski definition) is 2. The maximum atomic E-state index is 13.4. The second kappa shape index (κ2) is 5.27. The molecule has 0 aliphatic heterocycles. The number of hydrogen-bond donors (Lipinski definition) is 1. The topological polar surface area (TPSA) is 52.9 Å². The highest BCUT2D eigenvalue weighted by atomic mass is 19.1. The number of rotatable bonds is 2. The summed E-state index contributed by atoms with van der Waals surface area (Å²) in [6.07, 6.45) is 0. The molecule has 0 aliphatic carbocycles. The molecule has 5 heteroatoms. The molecule has 1 amide bonds. The summed E-state index contributed by atoms with van der Waals surface area (Å²) in [4.78, 5) is 11.8. The number of amides is 1. The number of nitrogens with one attached hydrogen (secondary N) is 1. The molecule has 94 valence electrons. The van der Waals surface area contributed by atoms with Gasteiger partial charge in [-0.25, -0.2) is 8.78 Å². The molecule has 0 saturated carbocycles. The van der Waals surface area contributed by atoms with Gasteiger partial charge in [-0.15, -0.1) is 0 Å². The fraction of sp³-hybridized carbons (Fsp3) is 0. The summed E-state index contributed by atoms with van der Waals surface area (Å²) in [6.45, 7) is 0. The SMILES string of the molecule is N#Cc1cccc(NC(=O)c2c(F)cccc2F)c1. The molecule has 2 rings (SSSR count). The van der Waals surface area contributed by atoms with Crippen LogP contribution in [0.3, 0.4) is 0 Å². The first-order valence-corrected chi connectivity index (χ1v) is 5.37. The summed E-state index contributed by atoms with van der Waals surface area (Å²) < 4.78 is 26.8. The predicted molar refractivity (Wildman–Crippen MR) is 65.5 cm³/mol. The lowest BCUT2D eigenvalue weighted by Crippen LogP contribution is -2.15. The Kier molecular flexibility index (Phi) is 3.53. The maximum Gasteiger partial charge on any atom is 0.261 e. The van der Waals surface area contributed by atoms with Crippen LogP contribution >= 0.6 is 0 Å². The Balaban J connectivity index is 2.29. The van der Waals surface area contributed by atoms with E-state index < -0.39 is 23.1 Å². The molecule has 0 heterocycles. The second-order valence-electron chi connectivity index (χ2n) is 3.74. The number of nitriles is 1. The number of nitrogens with zero attached hydrogens (tertiary/aromatic N) is 1. The van der Waals surface area contributed by atoms with E-state index in [1.807, 2.05) is 6.07 Å². The zero-order valence-electron chi connectivity index (χ0n) is 9.65. The Bertz CT molecular complexity index is 657. The summed E-state index contributed by atoms with van der Waals surface area (Å²) in [5, 5.41) is 11.1. The van der Waals surface area contributed by atoms with Gasteiger partial charge in [0.25, 0.3) is 5.91 Å². The van der Waals surface area contributed by atoms with Crippen molar-refractivity contribution in [2.45, 2.75) is 0 Å². The van der Waals surface area contributed by atoms with Crippen LogP contribution in [0.25, 0.3) is 0 Å². The third-order valence-corrected chi connectivity index (χ3v) is 2.44. The van der Waals surface area contributed by atoms with Gasteiger partial charge >= 0.3 is 0 Å². The summed E-state index contributed by atoms with van der Waals surface area (Å²) in [5.74, 6) is -2.77. The monoisotopic (exact) mass is 258 g/mol. The number of benzene rings is 2. The van der Waals surface area contributed by atoms with Crippen molar-refractivity contribution in [3.63, 3.8) is 0 Å². The lowest BCUT2D eigenvalue weighted by atomic mass is 10.1. The zero-order chi connectivity index (χ0) is 13.8. The molecule has 2 aromatic rings. The van der Waals surface area contributed by atoms with Gasteiger partial charge in [-0.3, -0.25) is 4.79 Å². The van der Waals surface area contributed by atoms with Crippen LogP contribution in [0.15, 0.2) is 42.5 Å². The molecule has 1 N–H and O–H groups in total. The van der Waals surface area contributed by atoms with Crippen LogP contribution in [0.2, 0.25) is 0 Å². The van der Waals surface area contributed by atoms with Gasteiger partial charge in [0.15, 0.2) is 0 Å². The number of anilines is 1. The van der Waals surface area contributed by atoms with Crippen LogP contribution in [-0.4, -0.2) is 5.91 Å². The third kappa shape index (κ3) is 2.75. The van der Waals surface area contributed by atoms with Crippen molar-refractivity contribution in [2.75, 3.05) is 5.32 Å². The van der Waals surface area contributed by atoms with Crippen LogP contribution < -0.4 is 5.32 Å². The van der Waals surface area contributed by atoms with Crippen molar-refractivity contribution in [1.82, 2.24) is 0 Å². The molecule has 0 saturated heterocycles. The molecule has 0 aromatic heterocycles. The Morgan fingerprint density at radius 3 is 2.37 bits per heavy atom. The molecule has 0 aliphatic rings. The van der Waals surface area contributed by atoms with Gasteiger partial charge in [0.1, 0.15) is 17.2 Å². The minimum absolute atomic E-state index is 0.298. The maximum absolute atomic E-state index is 13.4. The summed E-state index contributed by atoms with van der Waals surface area (Å²) >= 11 is 0. The standard InChI is InChI=1S/C14H8F2N2O/c15-11-5-2-6-12(16)13(11)14(19)18-10-4-1-3-9(7-10)8-17/h1-7H,(H,18,19). The molecule has 0 spiro atoms. The van der Waals surface area contributed by atoms with Crippen molar-refractivity contribution in [1.29, 1.82) is 5.26 Å². The fourth-order valence-corrected chi connectivity index (χ4v) is 1.57. The van der Waals surface area contributed by atoms with Gasteiger partial charge < -0.3 is 5.32 Å². The quantitative estimate of drug-likeness (QED) is 0.899. The van der Waals surface area contributed by atoms with Crippen molar-refractivity contribution < 1.29 is 13.6 Å². The molecule has 19 heavy (non-hydrogen) atoms. The van der Waals surface area contributed by atoms with Crippen LogP contribution in [0.4, 0.5) is 14.5 Å². The van der Waals surface area contributed by atoms with Crippen molar-refractivity contribution in [3.05, 3.63) is 65.2 Å². The summed E-state index contributed by atoms with van der Waals surface area (Å²) in [5.41, 5.74) is -0.0108. The Labute approximate surface area is 108 Å². The van der Waals surface area contributed by atoms with Gasteiger partial charge in [0.05, 0.1) is 11.6 Å². The highest BCUT2D eigenvalue weighted by Gasteiger charge is 2.16. The summed E-state index contributed by atoms with van der Waals surface area (Å²) in [7, 11) is 0. The summed E-state index contributed by atoms with van der Waals surface area (Å²) in [6, 6.07) is 11.1. The van der Waals surface area contributed by atoms with Gasteiger partial charge in [0, 0.05) is 5.69 Å². The van der Waals surface area contributed by atoms with Crippen LogP contribution in [0.5, 0.6) is 0 Å². The van der Waals surface area contributed by atoms with Crippen molar-refractivity contribution >= 4 is 11.6 Å². The minimum Gasteiger partial charge on any atom is -0.322 e. The Hall–Kier alpha value is -2.74. The molecular weight excluding hydrogens is 250 g/mol. The Morgan fingerprint density at radius 2 is 1.74 bits per heavy atom. The van der Waals surface area contributed by atoms with Crippen molar-refractivity contribution in [3.8, 4) is 6.07 Å². The highest BCUT2D eigenvalue weighted by Crippen LogP contribution is 2.16. The van der Waals surface area contributed by atoms with E-state index in [0.29, 0.717) is 11.3 Å². The molecule has 2 aromatic carbocycles. The first-order valence-electron chi connectivity index (χ1n) is 5.37. The smallest absolute Gasteiger partial charge is 0.261 e. The largest absolute Gasteiger partial charge is 0.322 e. The lowest BCUT2D eigenvalue weighted by molar-refractivity contribution is 0.101. The minimum atomic E-state index is -0.936. The lowest BCUT2D eigenvalue weighted by Gasteiger charge is -2.07. The van der Waals surface area contributed by atoms with E-state index in [2.05, 4.69) is 5.32 Å². The van der Waals surface area contributed by atoms with Crippen LogP contribution in [0, 0.1) is 23.0 Å². The third-order valence-electron chi connectivity index (χ3n) is 2.44. The molecule has 0 atom stereocenters. The first kappa shape index (κ1) is 12.7. The van der Waals surface area contributed by atoms with Crippen LogP contribution in [-0.2, 0) is 0 Å². The average Bonchev–Trinajstić information content (AvgIpc) is 2.38. The molecule has 0 radical (unpaired) electrons. The second-order valence-corrected chi connectivity index (χ2v) is 3.74. The highest BCUT2D eigenvalue weighted by molar-refractivity contribution is 6.04. The number of carbonyl (C=O) groups is 1. The number of halogens is 2. The van der Waals surface area contributed by atoms with E-state index in [-0.39, 0.29) is 0 Å².